The molecule has 1 aromatic rings. The van der Waals surface area contributed by atoms with Crippen LogP contribution in [-0.2, 0) is 4.79 Å². The minimum Gasteiger partial charge on any atom is -0.368 e. The molecule has 0 radical (unpaired) electrons. The van der Waals surface area contributed by atoms with E-state index in [-0.39, 0.29) is 0 Å². The van der Waals surface area contributed by atoms with Crippen molar-refractivity contribution >= 4 is 33.4 Å². The lowest BCUT2D eigenvalue weighted by molar-refractivity contribution is -0.120. The first kappa shape index (κ1) is 14.5. The molecule has 0 saturated heterocycles. The Morgan fingerprint density at radius 2 is 2.18 bits per heavy atom. The van der Waals surface area contributed by atoms with Crippen LogP contribution in [-0.4, -0.2) is 12.5 Å². The van der Waals surface area contributed by atoms with E-state index in [4.69, 9.17) is 17.3 Å². The molecule has 0 spiro atoms. The topological polar surface area (TPSA) is 55.1 Å². The number of benzene rings is 1. The van der Waals surface area contributed by atoms with E-state index in [1.807, 2.05) is 12.1 Å². The van der Waals surface area contributed by atoms with E-state index in [9.17, 15) is 4.79 Å². The largest absolute Gasteiger partial charge is 0.368 e. The summed E-state index contributed by atoms with van der Waals surface area (Å²) in [5.41, 5.74) is 6.10. The number of hydrogen-bond acceptors (Lipinski definition) is 2. The Hall–Kier alpha value is -0.580. The fourth-order valence-electron chi connectivity index (χ4n) is 1.45. The summed E-state index contributed by atoms with van der Waals surface area (Å²) in [5, 5.41) is 3.66. The molecule has 0 aliphatic heterocycles. The highest BCUT2D eigenvalue weighted by Crippen LogP contribution is 2.26. The van der Waals surface area contributed by atoms with Crippen molar-refractivity contribution in [1.29, 1.82) is 0 Å². The summed E-state index contributed by atoms with van der Waals surface area (Å²) in [6.07, 6.45) is 0. The number of hydrogen-bond donors (Lipinski definition) is 2. The zero-order chi connectivity index (χ0) is 13.0. The summed E-state index contributed by atoms with van der Waals surface area (Å²) in [7, 11) is 0. The van der Waals surface area contributed by atoms with Gasteiger partial charge in [0.15, 0.2) is 0 Å². The van der Waals surface area contributed by atoms with Gasteiger partial charge in [0, 0.05) is 9.50 Å². The Kier molecular flexibility index (Phi) is 5.43. The SMILES string of the molecule is CC(C)CNC(C(N)=O)c1cc(Br)ccc1Cl. The molecule has 0 heterocycles. The summed E-state index contributed by atoms with van der Waals surface area (Å²) < 4.78 is 0.870. The van der Waals surface area contributed by atoms with Crippen LogP contribution in [0.2, 0.25) is 5.02 Å². The van der Waals surface area contributed by atoms with Crippen LogP contribution in [0.1, 0.15) is 25.5 Å². The maximum Gasteiger partial charge on any atom is 0.239 e. The summed E-state index contributed by atoms with van der Waals surface area (Å²) in [6, 6.07) is 4.83. The van der Waals surface area contributed by atoms with Crippen LogP contribution in [0.3, 0.4) is 0 Å². The van der Waals surface area contributed by atoms with Gasteiger partial charge in [0.05, 0.1) is 0 Å². The van der Waals surface area contributed by atoms with Crippen molar-refractivity contribution in [2.75, 3.05) is 6.54 Å². The first-order valence-corrected chi connectivity index (χ1v) is 6.56. The van der Waals surface area contributed by atoms with Crippen molar-refractivity contribution in [1.82, 2.24) is 5.32 Å². The Balaban J connectivity index is 2.97. The molecule has 0 saturated carbocycles. The second-order valence-electron chi connectivity index (χ2n) is 4.30. The lowest BCUT2D eigenvalue weighted by Crippen LogP contribution is -2.35. The molecule has 0 bridgehead atoms. The van der Waals surface area contributed by atoms with Gasteiger partial charge >= 0.3 is 0 Å². The molecule has 1 atom stereocenters. The molecule has 17 heavy (non-hydrogen) atoms. The Bertz CT molecular complexity index is 409. The summed E-state index contributed by atoms with van der Waals surface area (Å²) in [4.78, 5) is 11.5. The minimum atomic E-state index is -0.553. The van der Waals surface area contributed by atoms with Gasteiger partial charge in [0.1, 0.15) is 6.04 Å². The lowest BCUT2D eigenvalue weighted by atomic mass is 10.1. The lowest BCUT2D eigenvalue weighted by Gasteiger charge is -2.18. The average molecular weight is 320 g/mol. The minimum absolute atomic E-state index is 0.425. The summed E-state index contributed by atoms with van der Waals surface area (Å²) >= 11 is 9.44. The van der Waals surface area contributed by atoms with E-state index in [0.29, 0.717) is 23.0 Å². The zero-order valence-electron chi connectivity index (χ0n) is 9.84. The number of amides is 1. The number of nitrogens with one attached hydrogen (secondary N) is 1. The first-order chi connectivity index (χ1) is 7.91. The maximum absolute atomic E-state index is 11.5. The number of nitrogens with two attached hydrogens (primary N) is 1. The number of rotatable bonds is 5. The fourth-order valence-corrected chi connectivity index (χ4v) is 2.06. The quantitative estimate of drug-likeness (QED) is 0.877. The van der Waals surface area contributed by atoms with Crippen LogP contribution in [0.4, 0.5) is 0 Å². The van der Waals surface area contributed by atoms with Crippen molar-refractivity contribution in [3.8, 4) is 0 Å². The van der Waals surface area contributed by atoms with Crippen LogP contribution in [0.5, 0.6) is 0 Å². The van der Waals surface area contributed by atoms with E-state index in [0.717, 1.165) is 4.47 Å². The second kappa shape index (κ2) is 6.38. The van der Waals surface area contributed by atoms with Crippen molar-refractivity contribution in [2.45, 2.75) is 19.9 Å². The van der Waals surface area contributed by atoms with Crippen molar-refractivity contribution in [3.05, 3.63) is 33.3 Å². The molecule has 5 heteroatoms. The normalized spacial score (nSPS) is 12.8. The third-order valence-electron chi connectivity index (χ3n) is 2.28. The van der Waals surface area contributed by atoms with E-state index in [2.05, 4.69) is 35.1 Å². The van der Waals surface area contributed by atoms with E-state index >= 15 is 0 Å². The van der Waals surface area contributed by atoms with Crippen LogP contribution in [0, 0.1) is 5.92 Å². The Morgan fingerprint density at radius 1 is 1.53 bits per heavy atom. The predicted molar refractivity (Wildman–Crippen MR) is 73.9 cm³/mol. The van der Waals surface area contributed by atoms with Gasteiger partial charge < -0.3 is 11.1 Å². The Morgan fingerprint density at radius 3 is 2.71 bits per heavy atom. The molecule has 3 N–H and O–H groups in total. The molecular formula is C12H16BrClN2O. The van der Waals surface area contributed by atoms with Gasteiger partial charge in [0.25, 0.3) is 0 Å². The molecule has 1 rings (SSSR count). The van der Waals surface area contributed by atoms with Crippen molar-refractivity contribution < 1.29 is 4.79 Å². The highest BCUT2D eigenvalue weighted by atomic mass is 79.9. The third kappa shape index (κ3) is 4.30. The molecule has 0 fully saturated rings. The van der Waals surface area contributed by atoms with Crippen LogP contribution in [0.15, 0.2) is 22.7 Å². The average Bonchev–Trinajstić information content (AvgIpc) is 2.22. The maximum atomic E-state index is 11.5. The predicted octanol–water partition coefficient (Wildman–Crippen LogP) is 2.87. The van der Waals surface area contributed by atoms with Gasteiger partial charge in [0.2, 0.25) is 5.91 Å². The highest BCUT2D eigenvalue weighted by molar-refractivity contribution is 9.10. The third-order valence-corrected chi connectivity index (χ3v) is 3.12. The summed E-state index contributed by atoms with van der Waals surface area (Å²) in [6.45, 7) is 4.83. The van der Waals surface area contributed by atoms with E-state index in [1.165, 1.54) is 0 Å². The standard InChI is InChI=1S/C12H16BrClN2O/c1-7(2)6-16-11(12(15)17)9-5-8(13)3-4-10(9)14/h3-5,7,11,16H,6H2,1-2H3,(H2,15,17). The molecule has 1 amide bonds. The number of halogens is 2. The van der Waals surface area contributed by atoms with Gasteiger partial charge in [-0.25, -0.2) is 0 Å². The smallest absolute Gasteiger partial charge is 0.239 e. The van der Waals surface area contributed by atoms with Gasteiger partial charge in [-0.05, 0) is 36.2 Å². The molecule has 0 aliphatic carbocycles. The van der Waals surface area contributed by atoms with Crippen LogP contribution < -0.4 is 11.1 Å². The number of primary amides is 1. The zero-order valence-corrected chi connectivity index (χ0v) is 12.2. The van der Waals surface area contributed by atoms with Gasteiger partial charge in [-0.15, -0.1) is 0 Å². The highest BCUT2D eigenvalue weighted by Gasteiger charge is 2.20. The van der Waals surface area contributed by atoms with Gasteiger partial charge in [-0.3, -0.25) is 4.79 Å². The van der Waals surface area contributed by atoms with E-state index < -0.39 is 11.9 Å². The molecule has 0 aromatic heterocycles. The molecule has 94 valence electrons. The number of carbonyl (C=O) groups excluding carboxylic acids is 1. The first-order valence-electron chi connectivity index (χ1n) is 5.39. The molecule has 1 unspecified atom stereocenters. The molecular weight excluding hydrogens is 304 g/mol. The molecule has 3 nitrogen and oxygen atoms in total. The van der Waals surface area contributed by atoms with Crippen LogP contribution in [0.25, 0.3) is 0 Å². The van der Waals surface area contributed by atoms with Crippen LogP contribution >= 0.6 is 27.5 Å². The second-order valence-corrected chi connectivity index (χ2v) is 5.63. The van der Waals surface area contributed by atoms with Gasteiger partial charge in [-0.2, -0.15) is 0 Å². The van der Waals surface area contributed by atoms with Crippen molar-refractivity contribution in [3.63, 3.8) is 0 Å². The molecule has 0 aliphatic rings. The Labute approximate surface area is 115 Å². The van der Waals surface area contributed by atoms with Gasteiger partial charge in [-0.1, -0.05) is 41.4 Å². The summed E-state index contributed by atoms with van der Waals surface area (Å²) in [5.74, 6) is 0.00780. The number of carbonyl (C=O) groups is 1. The fraction of sp³-hybridized carbons (Fsp3) is 0.417. The van der Waals surface area contributed by atoms with E-state index in [1.54, 1.807) is 6.07 Å². The monoisotopic (exact) mass is 318 g/mol. The van der Waals surface area contributed by atoms with Crippen molar-refractivity contribution in [2.24, 2.45) is 11.7 Å². The molecule has 1 aromatic carbocycles.